The molecular formula is C27H17F7N4O2. The largest absolute Gasteiger partial charge is 0.435 e. The Kier molecular flexibility index (Phi) is 7.92. The van der Waals surface area contributed by atoms with Gasteiger partial charge in [-0.25, -0.2) is 4.39 Å². The number of benzene rings is 3. The zero-order valence-corrected chi connectivity index (χ0v) is 20.6. The van der Waals surface area contributed by atoms with E-state index in [-0.39, 0.29) is 39.2 Å². The molecule has 0 bridgehead atoms. The standard InChI is InChI=1S/C27H17F7N4O2/c1-14-7-20(25(28,26(29,30)31)27(32,33)34)8-15(2)22(14)38-24(40)19-9-17(13-36)10-21(11-19)37-23(39)18-5-3-16(12-35)4-6-18/h3-11H,1-2H3,(H,37,39)(H,38,40). The molecule has 3 aromatic carbocycles. The first-order valence-corrected chi connectivity index (χ1v) is 11.1. The van der Waals surface area contributed by atoms with Gasteiger partial charge in [0.15, 0.2) is 0 Å². The van der Waals surface area contributed by atoms with Crippen molar-refractivity contribution in [3.05, 3.63) is 93.5 Å². The van der Waals surface area contributed by atoms with Crippen LogP contribution in [0.2, 0.25) is 0 Å². The third-order valence-electron chi connectivity index (χ3n) is 5.81. The smallest absolute Gasteiger partial charge is 0.322 e. The van der Waals surface area contributed by atoms with E-state index in [2.05, 4.69) is 10.6 Å². The Balaban J connectivity index is 1.93. The molecule has 0 aliphatic heterocycles. The summed E-state index contributed by atoms with van der Waals surface area (Å²) in [6.07, 6.45) is -12.6. The summed E-state index contributed by atoms with van der Waals surface area (Å²) < 4.78 is 93.7. The van der Waals surface area contributed by atoms with Crippen LogP contribution in [0.25, 0.3) is 0 Å². The molecule has 0 aliphatic carbocycles. The Bertz CT molecular complexity index is 1530. The van der Waals surface area contributed by atoms with Crippen LogP contribution in [0, 0.1) is 36.5 Å². The van der Waals surface area contributed by atoms with E-state index in [0.717, 1.165) is 19.9 Å². The number of rotatable bonds is 5. The molecule has 6 nitrogen and oxygen atoms in total. The predicted octanol–water partition coefficient (Wildman–Crippen LogP) is 6.84. The minimum atomic E-state index is -6.30. The average molecular weight is 562 g/mol. The van der Waals surface area contributed by atoms with Gasteiger partial charge in [0.1, 0.15) is 0 Å². The van der Waals surface area contributed by atoms with E-state index in [4.69, 9.17) is 5.26 Å². The molecule has 2 amide bonds. The Morgan fingerprint density at radius 3 is 1.65 bits per heavy atom. The number of aryl methyl sites for hydroxylation is 2. The van der Waals surface area contributed by atoms with Crippen LogP contribution in [0.3, 0.4) is 0 Å². The molecule has 0 saturated carbocycles. The quantitative estimate of drug-likeness (QED) is 0.332. The lowest BCUT2D eigenvalue weighted by atomic mass is 9.90. The molecule has 0 aliphatic rings. The summed E-state index contributed by atoms with van der Waals surface area (Å²) >= 11 is 0. The minimum Gasteiger partial charge on any atom is -0.322 e. The summed E-state index contributed by atoms with van der Waals surface area (Å²) in [4.78, 5) is 25.5. The van der Waals surface area contributed by atoms with Crippen LogP contribution in [0.5, 0.6) is 0 Å². The van der Waals surface area contributed by atoms with Gasteiger partial charge in [-0.1, -0.05) is 12.1 Å². The lowest BCUT2D eigenvalue weighted by Gasteiger charge is -2.31. The molecule has 0 fully saturated rings. The van der Waals surface area contributed by atoms with E-state index in [1.807, 2.05) is 12.1 Å². The van der Waals surface area contributed by atoms with E-state index in [0.29, 0.717) is 17.7 Å². The fraction of sp³-hybridized carbons (Fsp3) is 0.185. The van der Waals surface area contributed by atoms with Gasteiger partial charge in [0.2, 0.25) is 0 Å². The average Bonchev–Trinajstić information content (AvgIpc) is 2.88. The van der Waals surface area contributed by atoms with Crippen molar-refractivity contribution in [3.8, 4) is 12.1 Å². The molecular weight excluding hydrogens is 545 g/mol. The zero-order chi connectivity index (χ0) is 30.0. The number of hydrogen-bond acceptors (Lipinski definition) is 4. The van der Waals surface area contributed by atoms with Gasteiger partial charge in [-0.3, -0.25) is 9.59 Å². The summed E-state index contributed by atoms with van der Waals surface area (Å²) in [5.41, 5.74) is -7.80. The highest BCUT2D eigenvalue weighted by molar-refractivity contribution is 6.08. The first kappa shape index (κ1) is 29.6. The van der Waals surface area contributed by atoms with Gasteiger partial charge in [0, 0.05) is 28.1 Å². The maximum atomic E-state index is 14.5. The zero-order valence-electron chi connectivity index (χ0n) is 20.6. The molecule has 40 heavy (non-hydrogen) atoms. The van der Waals surface area contributed by atoms with Gasteiger partial charge in [-0.05, 0) is 67.4 Å². The molecule has 13 heteroatoms. The van der Waals surface area contributed by atoms with Crippen LogP contribution in [-0.2, 0) is 5.67 Å². The fourth-order valence-corrected chi connectivity index (χ4v) is 3.83. The lowest BCUT2D eigenvalue weighted by Crippen LogP contribution is -2.50. The molecule has 2 N–H and O–H groups in total. The van der Waals surface area contributed by atoms with Gasteiger partial charge >= 0.3 is 18.0 Å². The van der Waals surface area contributed by atoms with Gasteiger partial charge in [0.25, 0.3) is 11.8 Å². The van der Waals surface area contributed by atoms with E-state index >= 15 is 0 Å². The summed E-state index contributed by atoms with van der Waals surface area (Å²) in [7, 11) is 0. The van der Waals surface area contributed by atoms with Gasteiger partial charge in [0.05, 0.1) is 23.3 Å². The van der Waals surface area contributed by atoms with Crippen molar-refractivity contribution in [2.24, 2.45) is 0 Å². The first-order valence-electron chi connectivity index (χ1n) is 11.1. The number of halogens is 7. The second kappa shape index (κ2) is 10.7. The van der Waals surface area contributed by atoms with E-state index in [9.17, 15) is 45.6 Å². The molecule has 0 aromatic heterocycles. The highest BCUT2D eigenvalue weighted by atomic mass is 19.4. The number of amides is 2. The number of carbonyl (C=O) groups is 2. The molecule has 3 rings (SSSR count). The SMILES string of the molecule is Cc1cc(C(F)(C(F)(F)F)C(F)(F)F)cc(C)c1NC(=O)c1cc(C#N)cc(NC(=O)c2ccc(C#N)cc2)c1. The van der Waals surface area contributed by atoms with Crippen molar-refractivity contribution in [2.75, 3.05) is 10.6 Å². The summed E-state index contributed by atoms with van der Waals surface area (Å²) in [6.45, 7) is 2.18. The Hall–Kier alpha value is -4.91. The van der Waals surface area contributed by atoms with Crippen molar-refractivity contribution in [1.82, 2.24) is 0 Å². The van der Waals surface area contributed by atoms with Crippen LogP contribution in [0.1, 0.15) is 48.5 Å². The van der Waals surface area contributed by atoms with Crippen LogP contribution in [-0.4, -0.2) is 24.2 Å². The topological polar surface area (TPSA) is 106 Å². The highest BCUT2D eigenvalue weighted by Crippen LogP contribution is 2.53. The van der Waals surface area contributed by atoms with Crippen LogP contribution in [0.4, 0.5) is 42.1 Å². The van der Waals surface area contributed by atoms with Crippen molar-refractivity contribution >= 4 is 23.2 Å². The molecule has 0 saturated heterocycles. The third-order valence-corrected chi connectivity index (χ3v) is 5.81. The Labute approximate surface area is 222 Å². The Morgan fingerprint density at radius 2 is 1.18 bits per heavy atom. The van der Waals surface area contributed by atoms with Gasteiger partial charge < -0.3 is 10.6 Å². The summed E-state index contributed by atoms with van der Waals surface area (Å²) in [5.74, 6) is -1.54. The van der Waals surface area contributed by atoms with Crippen molar-refractivity contribution in [2.45, 2.75) is 31.9 Å². The molecule has 0 heterocycles. The monoisotopic (exact) mass is 562 g/mol. The number of nitrogens with one attached hydrogen (secondary N) is 2. The van der Waals surface area contributed by atoms with E-state index in [1.54, 1.807) is 0 Å². The summed E-state index contributed by atoms with van der Waals surface area (Å²) in [5, 5.41) is 23.1. The minimum absolute atomic E-state index is 0.0277. The van der Waals surface area contributed by atoms with Crippen molar-refractivity contribution in [1.29, 1.82) is 10.5 Å². The normalized spacial score (nSPS) is 11.8. The van der Waals surface area contributed by atoms with Crippen LogP contribution < -0.4 is 10.6 Å². The number of alkyl halides is 7. The molecule has 0 atom stereocenters. The van der Waals surface area contributed by atoms with Crippen molar-refractivity contribution in [3.63, 3.8) is 0 Å². The van der Waals surface area contributed by atoms with Gasteiger partial charge in [-0.2, -0.15) is 36.9 Å². The Morgan fingerprint density at radius 1 is 0.675 bits per heavy atom. The van der Waals surface area contributed by atoms with E-state index < -0.39 is 35.4 Å². The predicted molar refractivity (Wildman–Crippen MR) is 129 cm³/mol. The number of nitrogens with zero attached hydrogens (tertiary/aromatic N) is 2. The molecule has 0 radical (unpaired) electrons. The second-order valence-electron chi connectivity index (χ2n) is 8.65. The van der Waals surface area contributed by atoms with Gasteiger partial charge in [-0.15, -0.1) is 0 Å². The fourth-order valence-electron chi connectivity index (χ4n) is 3.83. The van der Waals surface area contributed by atoms with Crippen molar-refractivity contribution < 1.29 is 40.3 Å². The third kappa shape index (κ3) is 5.73. The highest BCUT2D eigenvalue weighted by Gasteiger charge is 2.73. The number of carbonyl (C=O) groups excluding carboxylic acids is 2. The summed E-state index contributed by atoms with van der Waals surface area (Å²) in [6, 6.07) is 13.6. The molecule has 0 unspecified atom stereocenters. The molecule has 3 aromatic rings. The molecule has 206 valence electrons. The lowest BCUT2D eigenvalue weighted by molar-refractivity contribution is -0.348. The maximum Gasteiger partial charge on any atom is 0.435 e. The van der Waals surface area contributed by atoms with Crippen LogP contribution >= 0.6 is 0 Å². The second-order valence-corrected chi connectivity index (χ2v) is 8.65. The van der Waals surface area contributed by atoms with E-state index in [1.165, 1.54) is 36.4 Å². The first-order chi connectivity index (χ1) is 18.5. The maximum absolute atomic E-state index is 14.5. The number of nitriles is 2. The number of hydrogen-bond donors (Lipinski definition) is 2. The number of anilines is 2. The van der Waals surface area contributed by atoms with Crippen LogP contribution in [0.15, 0.2) is 54.6 Å². The molecule has 0 spiro atoms.